The fraction of sp³-hybridized carbons (Fsp3) is 0.214. The average Bonchev–Trinajstić information content (AvgIpc) is 2.80. The Morgan fingerprint density at radius 2 is 1.75 bits per heavy atom. The van der Waals surface area contributed by atoms with Crippen LogP contribution < -0.4 is 0 Å². The van der Waals surface area contributed by atoms with E-state index < -0.39 is 0 Å². The molecule has 0 fully saturated rings. The van der Waals surface area contributed by atoms with Crippen LogP contribution >= 0.6 is 0 Å². The lowest BCUT2D eigenvalue weighted by Gasteiger charge is -2.00. The van der Waals surface area contributed by atoms with Crippen LogP contribution in [0.15, 0.2) is 41.1 Å². The molecule has 0 radical (unpaired) electrons. The second-order valence-corrected chi connectivity index (χ2v) is 3.39. The largest absolute Gasteiger partial charge is 0.464 e. The molecule has 0 spiro atoms. The van der Waals surface area contributed by atoms with Crippen molar-refractivity contribution in [3.63, 3.8) is 0 Å². The summed E-state index contributed by atoms with van der Waals surface area (Å²) in [7, 11) is 0. The zero-order chi connectivity index (χ0) is 11.5. The Morgan fingerprint density at radius 3 is 2.56 bits per heavy atom. The van der Waals surface area contributed by atoms with Crippen LogP contribution in [0.3, 0.4) is 0 Å². The van der Waals surface area contributed by atoms with Gasteiger partial charge in [0.05, 0.1) is 6.26 Å². The van der Waals surface area contributed by atoms with E-state index in [1.54, 1.807) is 6.26 Å². The first-order valence-corrected chi connectivity index (χ1v) is 5.58. The van der Waals surface area contributed by atoms with Crippen LogP contribution in [0.1, 0.15) is 19.5 Å². The molecule has 0 saturated heterocycles. The van der Waals surface area contributed by atoms with Crippen LogP contribution in [0, 0.1) is 6.92 Å². The van der Waals surface area contributed by atoms with E-state index in [-0.39, 0.29) is 0 Å². The van der Waals surface area contributed by atoms with Gasteiger partial charge in [-0.15, -0.1) is 0 Å². The number of hydrogen-bond donors (Lipinski definition) is 0. The summed E-state index contributed by atoms with van der Waals surface area (Å²) in [5, 5.41) is 3.57. The Kier molecular flexibility index (Phi) is 2.91. The number of fused-ring (bicyclic) bond motifs is 3. The highest BCUT2D eigenvalue weighted by Crippen LogP contribution is 2.26. The van der Waals surface area contributed by atoms with Crippen molar-refractivity contribution >= 4 is 21.7 Å². The SMILES string of the molecule is CC.Cc1nccc2c1ccc1occc12. The van der Waals surface area contributed by atoms with E-state index in [1.165, 1.54) is 10.8 Å². The predicted octanol–water partition coefficient (Wildman–Crippen LogP) is 4.32. The zero-order valence-corrected chi connectivity index (χ0v) is 9.82. The van der Waals surface area contributed by atoms with Gasteiger partial charge in [0.25, 0.3) is 0 Å². The highest BCUT2D eigenvalue weighted by atomic mass is 16.3. The van der Waals surface area contributed by atoms with E-state index in [1.807, 2.05) is 45.2 Å². The van der Waals surface area contributed by atoms with Crippen molar-refractivity contribution in [2.45, 2.75) is 20.8 Å². The maximum Gasteiger partial charge on any atom is 0.134 e. The molecule has 2 nitrogen and oxygen atoms in total. The molecule has 82 valence electrons. The molecule has 2 heterocycles. The fourth-order valence-corrected chi connectivity index (χ4v) is 1.85. The predicted molar refractivity (Wildman–Crippen MR) is 67.6 cm³/mol. The Hall–Kier alpha value is -1.83. The lowest BCUT2D eigenvalue weighted by Crippen LogP contribution is -1.82. The molecule has 3 rings (SSSR count). The Labute approximate surface area is 94.9 Å². The van der Waals surface area contributed by atoms with Gasteiger partial charge >= 0.3 is 0 Å². The van der Waals surface area contributed by atoms with Gasteiger partial charge in [0.15, 0.2) is 0 Å². The van der Waals surface area contributed by atoms with E-state index in [0.717, 1.165) is 16.7 Å². The van der Waals surface area contributed by atoms with Crippen LogP contribution in [0.25, 0.3) is 21.7 Å². The summed E-state index contributed by atoms with van der Waals surface area (Å²) in [5.41, 5.74) is 1.99. The summed E-state index contributed by atoms with van der Waals surface area (Å²) >= 11 is 0. The molecule has 0 N–H and O–H groups in total. The molecule has 0 atom stereocenters. The lowest BCUT2D eigenvalue weighted by molar-refractivity contribution is 0.616. The minimum Gasteiger partial charge on any atom is -0.464 e. The van der Waals surface area contributed by atoms with Crippen molar-refractivity contribution in [2.75, 3.05) is 0 Å². The number of furan rings is 1. The van der Waals surface area contributed by atoms with Gasteiger partial charge in [-0.1, -0.05) is 13.8 Å². The van der Waals surface area contributed by atoms with E-state index >= 15 is 0 Å². The summed E-state index contributed by atoms with van der Waals surface area (Å²) in [6, 6.07) is 8.08. The molecule has 0 saturated carbocycles. The second kappa shape index (κ2) is 4.35. The summed E-state index contributed by atoms with van der Waals surface area (Å²) in [4.78, 5) is 4.27. The molecule has 2 aromatic heterocycles. The summed E-state index contributed by atoms with van der Waals surface area (Å²) < 4.78 is 5.35. The molecule has 3 aromatic rings. The molecule has 0 unspecified atom stereocenters. The average molecular weight is 213 g/mol. The van der Waals surface area contributed by atoms with E-state index in [0.29, 0.717) is 0 Å². The van der Waals surface area contributed by atoms with Crippen LogP contribution in [0.5, 0.6) is 0 Å². The molecular formula is C14H15NO. The Bertz CT molecular complexity index is 610. The van der Waals surface area contributed by atoms with E-state index in [9.17, 15) is 0 Å². The third-order valence-electron chi connectivity index (χ3n) is 2.58. The van der Waals surface area contributed by atoms with Crippen molar-refractivity contribution in [2.24, 2.45) is 0 Å². The van der Waals surface area contributed by atoms with Crippen LogP contribution in [0.2, 0.25) is 0 Å². The first-order valence-electron chi connectivity index (χ1n) is 5.58. The van der Waals surface area contributed by atoms with Gasteiger partial charge in [0.2, 0.25) is 0 Å². The topological polar surface area (TPSA) is 26.0 Å². The first-order chi connectivity index (χ1) is 7.86. The summed E-state index contributed by atoms with van der Waals surface area (Å²) in [6.45, 7) is 6.02. The van der Waals surface area contributed by atoms with Gasteiger partial charge < -0.3 is 4.42 Å². The summed E-state index contributed by atoms with van der Waals surface area (Å²) in [6.07, 6.45) is 3.56. The molecule has 1 aromatic carbocycles. The number of hydrogen-bond acceptors (Lipinski definition) is 2. The minimum atomic E-state index is 0.933. The number of aromatic nitrogens is 1. The molecule has 0 aliphatic carbocycles. The molecule has 0 bridgehead atoms. The molecular weight excluding hydrogens is 198 g/mol. The molecule has 2 heteroatoms. The van der Waals surface area contributed by atoms with Gasteiger partial charge in [-0.3, -0.25) is 4.98 Å². The number of benzene rings is 1. The van der Waals surface area contributed by atoms with Crippen molar-refractivity contribution in [1.29, 1.82) is 0 Å². The minimum absolute atomic E-state index is 0.933. The summed E-state index contributed by atoms with van der Waals surface area (Å²) in [5.74, 6) is 0. The molecule has 0 amide bonds. The molecule has 0 aliphatic rings. The number of aryl methyl sites for hydroxylation is 1. The number of nitrogens with zero attached hydrogens (tertiary/aromatic N) is 1. The maximum atomic E-state index is 5.35. The fourth-order valence-electron chi connectivity index (χ4n) is 1.85. The first kappa shape index (κ1) is 10.7. The Morgan fingerprint density at radius 1 is 0.938 bits per heavy atom. The lowest BCUT2D eigenvalue weighted by atomic mass is 10.1. The van der Waals surface area contributed by atoms with Crippen molar-refractivity contribution < 1.29 is 4.42 Å². The van der Waals surface area contributed by atoms with Crippen molar-refractivity contribution in [1.82, 2.24) is 4.98 Å². The van der Waals surface area contributed by atoms with Crippen molar-refractivity contribution in [3.05, 3.63) is 42.4 Å². The standard InChI is InChI=1S/C12H9NO.C2H6/c1-8-9-2-3-12-11(5-7-14-12)10(9)4-6-13-8;1-2/h2-7H,1H3;1-2H3. The third kappa shape index (κ3) is 1.56. The van der Waals surface area contributed by atoms with Gasteiger partial charge in [-0.25, -0.2) is 0 Å². The van der Waals surface area contributed by atoms with E-state index in [4.69, 9.17) is 4.42 Å². The van der Waals surface area contributed by atoms with Crippen molar-refractivity contribution in [3.8, 4) is 0 Å². The maximum absolute atomic E-state index is 5.35. The third-order valence-corrected chi connectivity index (χ3v) is 2.58. The van der Waals surface area contributed by atoms with Gasteiger partial charge in [0, 0.05) is 22.7 Å². The smallest absolute Gasteiger partial charge is 0.134 e. The van der Waals surface area contributed by atoms with Crippen LogP contribution in [0.4, 0.5) is 0 Å². The second-order valence-electron chi connectivity index (χ2n) is 3.39. The van der Waals surface area contributed by atoms with Gasteiger partial charge in [0.1, 0.15) is 5.58 Å². The van der Waals surface area contributed by atoms with E-state index in [2.05, 4.69) is 11.1 Å². The molecule has 0 aliphatic heterocycles. The van der Waals surface area contributed by atoms with Gasteiger partial charge in [-0.2, -0.15) is 0 Å². The zero-order valence-electron chi connectivity index (χ0n) is 9.82. The number of rotatable bonds is 0. The quantitative estimate of drug-likeness (QED) is 0.556. The van der Waals surface area contributed by atoms with Crippen LogP contribution in [-0.4, -0.2) is 4.98 Å². The highest BCUT2D eigenvalue weighted by Gasteiger charge is 2.03. The highest BCUT2D eigenvalue weighted by molar-refractivity contribution is 6.06. The Balaban J connectivity index is 0.000000457. The van der Waals surface area contributed by atoms with Gasteiger partial charge in [-0.05, 0) is 36.6 Å². The monoisotopic (exact) mass is 213 g/mol. The number of pyridine rings is 1. The normalized spacial score (nSPS) is 10.2. The van der Waals surface area contributed by atoms with Crippen LogP contribution in [-0.2, 0) is 0 Å². The molecule has 16 heavy (non-hydrogen) atoms.